The molecule has 0 aliphatic carbocycles. The van der Waals surface area contributed by atoms with Gasteiger partial charge in [-0.15, -0.1) is 11.3 Å². The number of carbonyl (C=O) groups is 1. The molecule has 0 spiro atoms. The van der Waals surface area contributed by atoms with Gasteiger partial charge in [0.05, 0.1) is 31.4 Å². The second-order valence-electron chi connectivity index (χ2n) is 5.84. The molecule has 0 saturated carbocycles. The van der Waals surface area contributed by atoms with Gasteiger partial charge in [0.25, 0.3) is 0 Å². The Kier molecular flexibility index (Phi) is 5.44. The lowest BCUT2D eigenvalue weighted by atomic mass is 10.2. The van der Waals surface area contributed by atoms with Crippen molar-refractivity contribution in [2.45, 2.75) is 19.4 Å². The molecule has 1 saturated heterocycles. The molecule has 1 amide bonds. The number of hydrogen-bond acceptors (Lipinski definition) is 6. The zero-order valence-corrected chi connectivity index (χ0v) is 14.5. The van der Waals surface area contributed by atoms with Crippen molar-refractivity contribution < 1.29 is 9.53 Å². The lowest BCUT2D eigenvalue weighted by molar-refractivity contribution is -0.115. The van der Waals surface area contributed by atoms with Gasteiger partial charge in [0.2, 0.25) is 5.91 Å². The quantitative estimate of drug-likeness (QED) is 0.867. The molecule has 2 heterocycles. The molecule has 2 aromatic rings. The number of amides is 1. The molecule has 0 bridgehead atoms. The van der Waals surface area contributed by atoms with Gasteiger partial charge < -0.3 is 20.7 Å². The number of thiazole rings is 1. The molecule has 128 valence electrons. The highest BCUT2D eigenvalue weighted by Crippen LogP contribution is 2.20. The Labute approximate surface area is 145 Å². The largest absolute Gasteiger partial charge is 0.378 e. The maximum Gasteiger partial charge on any atom is 0.230 e. The molecule has 1 aromatic heterocycles. The van der Waals surface area contributed by atoms with E-state index in [2.05, 4.69) is 15.2 Å². The molecule has 0 radical (unpaired) electrons. The van der Waals surface area contributed by atoms with Gasteiger partial charge in [-0.25, -0.2) is 4.98 Å². The highest BCUT2D eigenvalue weighted by Gasteiger charge is 2.12. The van der Waals surface area contributed by atoms with Gasteiger partial charge in [-0.2, -0.15) is 0 Å². The van der Waals surface area contributed by atoms with E-state index in [-0.39, 0.29) is 18.4 Å². The van der Waals surface area contributed by atoms with Crippen molar-refractivity contribution in [3.8, 4) is 0 Å². The monoisotopic (exact) mass is 346 g/mol. The molecule has 1 aliphatic heterocycles. The fraction of sp³-hybridized carbons (Fsp3) is 0.412. The molecule has 3 N–H and O–H groups in total. The number of benzene rings is 1. The van der Waals surface area contributed by atoms with E-state index in [0.29, 0.717) is 0 Å². The second-order valence-corrected chi connectivity index (χ2v) is 6.73. The van der Waals surface area contributed by atoms with Crippen LogP contribution in [0.5, 0.6) is 0 Å². The van der Waals surface area contributed by atoms with Crippen molar-refractivity contribution in [1.82, 2.24) is 4.98 Å². The molecular weight excluding hydrogens is 324 g/mol. The second kappa shape index (κ2) is 7.74. The number of nitrogens with zero attached hydrogens (tertiary/aromatic N) is 2. The van der Waals surface area contributed by atoms with Crippen molar-refractivity contribution in [2.24, 2.45) is 5.73 Å². The number of carbonyl (C=O) groups excluding carboxylic acids is 1. The van der Waals surface area contributed by atoms with Crippen LogP contribution in [0, 0.1) is 0 Å². The van der Waals surface area contributed by atoms with Gasteiger partial charge in [-0.1, -0.05) is 0 Å². The van der Waals surface area contributed by atoms with Gasteiger partial charge in [-0.3, -0.25) is 4.79 Å². The summed E-state index contributed by atoms with van der Waals surface area (Å²) in [5.74, 6) is -0.0735. The molecule has 1 aromatic carbocycles. The molecule has 1 atom stereocenters. The molecule has 6 nitrogen and oxygen atoms in total. The van der Waals surface area contributed by atoms with E-state index in [1.165, 1.54) is 11.3 Å². The standard InChI is InChI=1S/C17H22N4O2S/c1-12(18)17-20-14(11-24-17)10-16(22)19-13-2-4-15(5-3-13)21-6-8-23-9-7-21/h2-5,11-12H,6-10,18H2,1H3,(H,19,22). The number of aromatic nitrogens is 1. The molecule has 1 fully saturated rings. The van der Waals surface area contributed by atoms with Gasteiger partial charge in [0.1, 0.15) is 5.01 Å². The fourth-order valence-corrected chi connectivity index (χ4v) is 3.34. The van der Waals surface area contributed by atoms with Gasteiger partial charge >= 0.3 is 0 Å². The number of nitrogens with two attached hydrogens (primary N) is 1. The van der Waals surface area contributed by atoms with Crippen molar-refractivity contribution in [1.29, 1.82) is 0 Å². The zero-order chi connectivity index (χ0) is 16.9. The van der Waals surface area contributed by atoms with Crippen LogP contribution in [-0.2, 0) is 16.0 Å². The Morgan fingerprint density at radius 2 is 2.08 bits per heavy atom. The third-order valence-corrected chi connectivity index (χ3v) is 4.92. The van der Waals surface area contributed by atoms with Crippen LogP contribution in [-0.4, -0.2) is 37.2 Å². The third-order valence-electron chi connectivity index (χ3n) is 3.83. The Bertz CT molecular complexity index is 678. The van der Waals surface area contributed by atoms with Crippen molar-refractivity contribution >= 4 is 28.6 Å². The van der Waals surface area contributed by atoms with Crippen LogP contribution < -0.4 is 16.0 Å². The minimum Gasteiger partial charge on any atom is -0.378 e. The molecular formula is C17H22N4O2S. The zero-order valence-electron chi connectivity index (χ0n) is 13.7. The van der Waals surface area contributed by atoms with Crippen molar-refractivity contribution in [2.75, 3.05) is 36.5 Å². The minimum absolute atomic E-state index is 0.0735. The third kappa shape index (κ3) is 4.31. The molecule has 24 heavy (non-hydrogen) atoms. The molecule has 7 heteroatoms. The molecule has 1 unspecified atom stereocenters. The summed E-state index contributed by atoms with van der Waals surface area (Å²) >= 11 is 1.49. The van der Waals surface area contributed by atoms with Crippen molar-refractivity contribution in [3.63, 3.8) is 0 Å². The highest BCUT2D eigenvalue weighted by atomic mass is 32.1. The van der Waals surface area contributed by atoms with Crippen LogP contribution in [0.25, 0.3) is 0 Å². The smallest absolute Gasteiger partial charge is 0.230 e. The topological polar surface area (TPSA) is 80.5 Å². The van der Waals surface area contributed by atoms with E-state index < -0.39 is 0 Å². The first-order chi connectivity index (χ1) is 11.6. The Balaban J connectivity index is 1.55. The summed E-state index contributed by atoms with van der Waals surface area (Å²) in [7, 11) is 0. The van der Waals surface area contributed by atoms with E-state index >= 15 is 0 Å². The number of hydrogen-bond donors (Lipinski definition) is 2. The number of ether oxygens (including phenoxy) is 1. The van der Waals surface area contributed by atoms with E-state index in [1.54, 1.807) is 0 Å². The summed E-state index contributed by atoms with van der Waals surface area (Å²) in [6, 6.07) is 7.81. The van der Waals surface area contributed by atoms with Crippen LogP contribution in [0.4, 0.5) is 11.4 Å². The minimum atomic E-state index is -0.0976. The first kappa shape index (κ1) is 16.9. The van der Waals surface area contributed by atoms with Crippen LogP contribution >= 0.6 is 11.3 Å². The number of rotatable bonds is 5. The average Bonchev–Trinajstić information content (AvgIpc) is 3.05. The van der Waals surface area contributed by atoms with Gasteiger partial charge in [-0.05, 0) is 31.2 Å². The number of nitrogens with one attached hydrogen (secondary N) is 1. The molecule has 1 aliphatic rings. The summed E-state index contributed by atoms with van der Waals surface area (Å²) in [5, 5.41) is 5.65. The maximum atomic E-state index is 12.1. The first-order valence-electron chi connectivity index (χ1n) is 8.04. The lowest BCUT2D eigenvalue weighted by Crippen LogP contribution is -2.36. The Hall–Kier alpha value is -1.96. The van der Waals surface area contributed by atoms with E-state index in [1.807, 2.05) is 36.6 Å². The average molecular weight is 346 g/mol. The maximum absolute atomic E-state index is 12.1. The molecule has 3 rings (SSSR count). The normalized spacial score (nSPS) is 16.0. The van der Waals surface area contributed by atoms with E-state index in [9.17, 15) is 4.79 Å². The van der Waals surface area contributed by atoms with Crippen LogP contribution in [0.1, 0.15) is 23.7 Å². The summed E-state index contributed by atoms with van der Waals surface area (Å²) < 4.78 is 5.36. The van der Waals surface area contributed by atoms with Crippen LogP contribution in [0.15, 0.2) is 29.6 Å². The van der Waals surface area contributed by atoms with Crippen LogP contribution in [0.3, 0.4) is 0 Å². The fourth-order valence-electron chi connectivity index (χ4n) is 2.56. The first-order valence-corrected chi connectivity index (χ1v) is 8.92. The summed E-state index contributed by atoms with van der Waals surface area (Å²) in [6.45, 7) is 5.21. The van der Waals surface area contributed by atoms with E-state index in [4.69, 9.17) is 10.5 Å². The van der Waals surface area contributed by atoms with Crippen molar-refractivity contribution in [3.05, 3.63) is 40.3 Å². The number of anilines is 2. The lowest BCUT2D eigenvalue weighted by Gasteiger charge is -2.28. The van der Waals surface area contributed by atoms with Crippen LogP contribution in [0.2, 0.25) is 0 Å². The van der Waals surface area contributed by atoms with Gasteiger partial charge in [0, 0.05) is 29.8 Å². The van der Waals surface area contributed by atoms with Gasteiger partial charge in [0.15, 0.2) is 0 Å². The Morgan fingerprint density at radius 3 is 2.71 bits per heavy atom. The summed E-state index contributed by atoms with van der Waals surface area (Å²) in [4.78, 5) is 18.8. The number of morpholine rings is 1. The predicted octanol–water partition coefficient (Wildman–Crippen LogP) is 2.18. The Morgan fingerprint density at radius 1 is 1.38 bits per heavy atom. The summed E-state index contributed by atoms with van der Waals surface area (Å²) in [5.41, 5.74) is 8.49. The predicted molar refractivity (Wildman–Crippen MR) is 96.5 cm³/mol. The highest BCUT2D eigenvalue weighted by molar-refractivity contribution is 7.09. The van der Waals surface area contributed by atoms with E-state index in [0.717, 1.165) is 48.4 Å². The SMILES string of the molecule is CC(N)c1nc(CC(=O)Nc2ccc(N3CCOCC3)cc2)cs1. The summed E-state index contributed by atoms with van der Waals surface area (Å²) in [6.07, 6.45) is 0.258.